The zero-order valence-corrected chi connectivity index (χ0v) is 11.0. The molecule has 6 heteroatoms. The molecule has 2 aromatic carbocycles. The highest BCUT2D eigenvalue weighted by Gasteiger charge is 1.99. The molecule has 0 unspecified atom stereocenters. The second kappa shape index (κ2) is 7.16. The molecule has 0 heterocycles. The minimum absolute atomic E-state index is 0.0741. The molecular weight excluding hydrogens is 282 g/mol. The Labute approximate surface area is 120 Å². The van der Waals surface area contributed by atoms with Gasteiger partial charge in [-0.2, -0.15) is 0 Å². The average molecular weight is 294 g/mol. The lowest BCUT2D eigenvalue weighted by atomic mass is 10.2. The van der Waals surface area contributed by atoms with Crippen LogP contribution in [0.2, 0.25) is 5.02 Å². The fourth-order valence-electron chi connectivity index (χ4n) is 1.22. The van der Waals surface area contributed by atoms with Gasteiger partial charge in [0.15, 0.2) is 0 Å². The van der Waals surface area contributed by atoms with Crippen LogP contribution in [0, 0.1) is 0 Å². The largest absolute Gasteiger partial charge is 0.508 e. The minimum Gasteiger partial charge on any atom is -0.508 e. The van der Waals surface area contributed by atoms with Crippen molar-refractivity contribution in [3.8, 4) is 5.75 Å². The molecule has 0 radical (unpaired) electrons. The maximum Gasteiger partial charge on any atom is 0.335 e. The molecule has 20 heavy (non-hydrogen) atoms. The standard InChI is InChI=1S/C7H6ClNO.C7H6O3/c2*8-6-3-1-5(2-4-6)7(9)10/h1-4H,(H2,9,10);1-4,8H,(H,9,10). The number of aromatic hydroxyl groups is 1. The maximum absolute atomic E-state index is 10.5. The van der Waals surface area contributed by atoms with Gasteiger partial charge in [0, 0.05) is 10.6 Å². The summed E-state index contributed by atoms with van der Waals surface area (Å²) in [6.07, 6.45) is 0. The second-order valence-corrected chi connectivity index (χ2v) is 4.16. The molecule has 0 aliphatic carbocycles. The molecule has 4 N–H and O–H groups in total. The molecule has 0 bridgehead atoms. The van der Waals surface area contributed by atoms with Gasteiger partial charge in [0.1, 0.15) is 5.75 Å². The number of rotatable bonds is 2. The van der Waals surface area contributed by atoms with Gasteiger partial charge in [-0.25, -0.2) is 4.79 Å². The van der Waals surface area contributed by atoms with E-state index in [2.05, 4.69) is 0 Å². The Balaban J connectivity index is 0.000000200. The smallest absolute Gasteiger partial charge is 0.335 e. The third kappa shape index (κ3) is 4.99. The highest BCUT2D eigenvalue weighted by atomic mass is 35.5. The molecule has 2 rings (SSSR count). The van der Waals surface area contributed by atoms with Gasteiger partial charge in [0.05, 0.1) is 5.56 Å². The van der Waals surface area contributed by atoms with Crippen molar-refractivity contribution in [3.63, 3.8) is 0 Å². The van der Waals surface area contributed by atoms with Gasteiger partial charge < -0.3 is 15.9 Å². The van der Waals surface area contributed by atoms with Crippen LogP contribution in [0.15, 0.2) is 48.5 Å². The van der Waals surface area contributed by atoms with Gasteiger partial charge in [0.25, 0.3) is 0 Å². The predicted molar refractivity (Wildman–Crippen MR) is 75.0 cm³/mol. The Morgan fingerprint density at radius 2 is 1.35 bits per heavy atom. The van der Waals surface area contributed by atoms with E-state index < -0.39 is 11.9 Å². The van der Waals surface area contributed by atoms with Gasteiger partial charge in [0.2, 0.25) is 5.91 Å². The predicted octanol–water partition coefficient (Wildman–Crippen LogP) is 2.53. The number of carbonyl (C=O) groups excluding carboxylic acids is 1. The van der Waals surface area contributed by atoms with E-state index in [-0.39, 0.29) is 11.3 Å². The molecule has 0 aliphatic heterocycles. The molecule has 0 aromatic heterocycles. The number of halogens is 1. The summed E-state index contributed by atoms with van der Waals surface area (Å²) in [5.74, 6) is -1.35. The summed E-state index contributed by atoms with van der Waals surface area (Å²) in [5, 5.41) is 17.7. The van der Waals surface area contributed by atoms with Crippen LogP contribution in [-0.2, 0) is 0 Å². The number of aromatic carboxylic acids is 1. The number of hydrogen-bond donors (Lipinski definition) is 3. The van der Waals surface area contributed by atoms with Crippen LogP contribution in [0.25, 0.3) is 0 Å². The molecule has 0 saturated heterocycles. The summed E-state index contributed by atoms with van der Waals surface area (Å²) >= 11 is 5.56. The molecule has 5 nitrogen and oxygen atoms in total. The summed E-state index contributed by atoms with van der Waals surface area (Å²) in [6.45, 7) is 0. The van der Waals surface area contributed by atoms with Crippen LogP contribution < -0.4 is 5.73 Å². The molecule has 0 fully saturated rings. The number of carboxylic acids is 1. The van der Waals surface area contributed by atoms with E-state index in [0.29, 0.717) is 10.6 Å². The van der Waals surface area contributed by atoms with Crippen LogP contribution in [0.4, 0.5) is 0 Å². The molecule has 0 saturated carbocycles. The first-order chi connectivity index (χ1) is 9.40. The summed E-state index contributed by atoms with van der Waals surface area (Å²) < 4.78 is 0. The number of carboxylic acid groups (broad SMARTS) is 1. The molecule has 104 valence electrons. The van der Waals surface area contributed by atoms with Crippen LogP contribution in [0.5, 0.6) is 5.75 Å². The van der Waals surface area contributed by atoms with E-state index in [1.54, 1.807) is 24.3 Å². The Bertz CT molecular complexity index is 538. The first kappa shape index (κ1) is 15.5. The lowest BCUT2D eigenvalue weighted by molar-refractivity contribution is 0.0696. The molecule has 0 aliphatic rings. The van der Waals surface area contributed by atoms with Crippen LogP contribution >= 0.6 is 11.6 Å². The van der Waals surface area contributed by atoms with Crippen molar-refractivity contribution in [2.24, 2.45) is 5.73 Å². The van der Waals surface area contributed by atoms with Crippen molar-refractivity contribution in [2.75, 3.05) is 0 Å². The molecular formula is C14H12ClNO4. The van der Waals surface area contributed by atoms with Gasteiger partial charge in [-0.1, -0.05) is 11.6 Å². The molecule has 0 atom stereocenters. The lowest BCUT2D eigenvalue weighted by Crippen LogP contribution is -2.10. The summed E-state index contributed by atoms with van der Waals surface area (Å²) in [6, 6.07) is 11.8. The third-order valence-electron chi connectivity index (χ3n) is 2.24. The SMILES string of the molecule is NC(=O)c1ccc(Cl)cc1.O=C(O)c1ccc(O)cc1. The zero-order chi connectivity index (χ0) is 15.1. The Morgan fingerprint density at radius 3 is 1.75 bits per heavy atom. The highest BCUT2D eigenvalue weighted by molar-refractivity contribution is 6.30. The fraction of sp³-hybridized carbons (Fsp3) is 0. The Hall–Kier alpha value is -2.53. The molecule has 1 amide bonds. The first-order valence-corrected chi connectivity index (χ1v) is 5.85. The van der Waals surface area contributed by atoms with Gasteiger partial charge in [-0.15, -0.1) is 0 Å². The number of nitrogens with two attached hydrogens (primary N) is 1. The first-order valence-electron chi connectivity index (χ1n) is 5.48. The summed E-state index contributed by atoms with van der Waals surface area (Å²) in [7, 11) is 0. The molecule has 2 aromatic rings. The number of hydrogen-bond acceptors (Lipinski definition) is 3. The van der Waals surface area contributed by atoms with Crippen molar-refractivity contribution in [1.29, 1.82) is 0 Å². The topological polar surface area (TPSA) is 101 Å². The van der Waals surface area contributed by atoms with Crippen molar-refractivity contribution in [2.45, 2.75) is 0 Å². The van der Waals surface area contributed by atoms with Crippen molar-refractivity contribution >= 4 is 23.5 Å². The monoisotopic (exact) mass is 293 g/mol. The van der Waals surface area contributed by atoms with Gasteiger partial charge in [-0.05, 0) is 48.5 Å². The van der Waals surface area contributed by atoms with E-state index in [0.717, 1.165) is 0 Å². The summed E-state index contributed by atoms with van der Waals surface area (Å²) in [4.78, 5) is 20.7. The van der Waals surface area contributed by atoms with E-state index in [1.165, 1.54) is 24.3 Å². The number of primary amides is 1. The van der Waals surface area contributed by atoms with Crippen LogP contribution in [0.1, 0.15) is 20.7 Å². The van der Waals surface area contributed by atoms with E-state index in [4.69, 9.17) is 27.5 Å². The normalized spacial score (nSPS) is 9.25. The minimum atomic E-state index is -0.986. The van der Waals surface area contributed by atoms with Crippen molar-refractivity contribution in [1.82, 2.24) is 0 Å². The van der Waals surface area contributed by atoms with Gasteiger partial charge >= 0.3 is 5.97 Å². The summed E-state index contributed by atoms with van der Waals surface area (Å²) in [5.41, 5.74) is 5.64. The third-order valence-corrected chi connectivity index (χ3v) is 2.49. The fourth-order valence-corrected chi connectivity index (χ4v) is 1.34. The van der Waals surface area contributed by atoms with Crippen molar-refractivity contribution in [3.05, 3.63) is 64.7 Å². The number of amides is 1. The van der Waals surface area contributed by atoms with E-state index in [9.17, 15) is 9.59 Å². The zero-order valence-electron chi connectivity index (χ0n) is 10.3. The average Bonchev–Trinajstić information content (AvgIpc) is 2.40. The number of phenols is 1. The number of phenolic OH excluding ortho intramolecular Hbond substituents is 1. The quantitative estimate of drug-likeness (QED) is 0.792. The number of carbonyl (C=O) groups is 2. The van der Waals surface area contributed by atoms with E-state index >= 15 is 0 Å². The van der Waals surface area contributed by atoms with Crippen LogP contribution in [-0.4, -0.2) is 22.1 Å². The second-order valence-electron chi connectivity index (χ2n) is 3.72. The number of benzene rings is 2. The Kier molecular flexibility index (Phi) is 5.56. The maximum atomic E-state index is 10.5. The van der Waals surface area contributed by atoms with Crippen LogP contribution in [0.3, 0.4) is 0 Å². The lowest BCUT2D eigenvalue weighted by Gasteiger charge is -1.92. The van der Waals surface area contributed by atoms with E-state index in [1.807, 2.05) is 0 Å². The van der Waals surface area contributed by atoms with Crippen molar-refractivity contribution < 1.29 is 19.8 Å². The van der Waals surface area contributed by atoms with Gasteiger partial charge in [-0.3, -0.25) is 4.79 Å². The Morgan fingerprint density at radius 1 is 0.900 bits per heavy atom. The molecule has 0 spiro atoms. The highest BCUT2D eigenvalue weighted by Crippen LogP contribution is 2.09.